The van der Waals surface area contributed by atoms with Gasteiger partial charge in [-0.25, -0.2) is 0 Å². The molecule has 1 atom stereocenters. The molecule has 1 unspecified atom stereocenters. The van der Waals surface area contributed by atoms with Crippen LogP contribution in [0.3, 0.4) is 0 Å². The number of nitro benzene ring substituents is 1. The van der Waals surface area contributed by atoms with Gasteiger partial charge >= 0.3 is 5.69 Å². The van der Waals surface area contributed by atoms with Gasteiger partial charge in [-0.15, -0.1) is 0 Å². The summed E-state index contributed by atoms with van der Waals surface area (Å²) in [5.41, 5.74) is 0.682. The van der Waals surface area contributed by atoms with Gasteiger partial charge in [-0.05, 0) is 37.9 Å². The Morgan fingerprint density at radius 2 is 2.29 bits per heavy atom. The number of nitrogens with one attached hydrogen (secondary N) is 2. The van der Waals surface area contributed by atoms with Gasteiger partial charge in [-0.1, -0.05) is 6.07 Å². The van der Waals surface area contributed by atoms with Crippen LogP contribution in [0.1, 0.15) is 24.8 Å². The van der Waals surface area contributed by atoms with Crippen LogP contribution < -0.4 is 15.4 Å². The molecule has 0 saturated carbocycles. The highest BCUT2D eigenvalue weighted by Gasteiger charge is 2.26. The molecule has 1 fully saturated rings. The minimum atomic E-state index is -0.665. The zero-order valence-electron chi connectivity index (χ0n) is 11.9. The standard InChI is InChI=1S/C14H19N3O4/c1-15-9-10-5-6-12(11(8-10)17(19)20)21-13-4-2-3-7-16-14(13)18/h5-6,8,13,15H,2-4,7,9H2,1H3,(H,16,18). The second-order valence-corrected chi connectivity index (χ2v) is 4.98. The summed E-state index contributed by atoms with van der Waals surface area (Å²) in [5, 5.41) is 16.9. The second-order valence-electron chi connectivity index (χ2n) is 4.98. The fraction of sp³-hybridized carbons (Fsp3) is 0.500. The maximum Gasteiger partial charge on any atom is 0.311 e. The second kappa shape index (κ2) is 7.03. The molecule has 0 radical (unpaired) electrons. The van der Waals surface area contributed by atoms with Gasteiger partial charge in [0.1, 0.15) is 0 Å². The highest BCUT2D eigenvalue weighted by atomic mass is 16.6. The van der Waals surface area contributed by atoms with Crippen molar-refractivity contribution in [2.75, 3.05) is 13.6 Å². The van der Waals surface area contributed by atoms with Crippen molar-refractivity contribution in [2.45, 2.75) is 31.9 Å². The van der Waals surface area contributed by atoms with Crippen molar-refractivity contribution >= 4 is 11.6 Å². The number of amides is 1. The van der Waals surface area contributed by atoms with Crippen molar-refractivity contribution in [3.8, 4) is 5.75 Å². The van der Waals surface area contributed by atoms with Crippen LogP contribution in [0.5, 0.6) is 5.75 Å². The first-order valence-electron chi connectivity index (χ1n) is 6.98. The number of carbonyl (C=O) groups excluding carboxylic acids is 1. The number of nitrogens with zero attached hydrogens (tertiary/aromatic N) is 1. The van der Waals surface area contributed by atoms with Crippen LogP contribution in [0.4, 0.5) is 5.69 Å². The molecule has 0 spiro atoms. The fourth-order valence-electron chi connectivity index (χ4n) is 2.30. The lowest BCUT2D eigenvalue weighted by molar-refractivity contribution is -0.386. The molecule has 7 heteroatoms. The maximum atomic E-state index is 11.9. The van der Waals surface area contributed by atoms with Gasteiger partial charge in [0.15, 0.2) is 11.9 Å². The molecule has 7 nitrogen and oxygen atoms in total. The summed E-state index contributed by atoms with van der Waals surface area (Å²) in [5.74, 6) is -0.0667. The monoisotopic (exact) mass is 293 g/mol. The molecule has 1 saturated heterocycles. The number of rotatable bonds is 5. The zero-order valence-corrected chi connectivity index (χ0v) is 11.9. The normalized spacial score (nSPS) is 18.7. The van der Waals surface area contributed by atoms with Gasteiger partial charge in [0, 0.05) is 19.2 Å². The number of carbonyl (C=O) groups is 1. The van der Waals surface area contributed by atoms with Gasteiger partial charge in [0.2, 0.25) is 0 Å². The lowest BCUT2D eigenvalue weighted by atomic mass is 10.1. The molecule has 0 bridgehead atoms. The molecular formula is C14H19N3O4. The van der Waals surface area contributed by atoms with E-state index in [9.17, 15) is 14.9 Å². The Labute approximate surface area is 122 Å². The average molecular weight is 293 g/mol. The van der Waals surface area contributed by atoms with Crippen LogP contribution in [0.25, 0.3) is 0 Å². The smallest absolute Gasteiger partial charge is 0.311 e. The van der Waals surface area contributed by atoms with Gasteiger partial charge in [0.05, 0.1) is 4.92 Å². The molecule has 1 aromatic carbocycles. The Morgan fingerprint density at radius 3 is 3.00 bits per heavy atom. The fourth-order valence-corrected chi connectivity index (χ4v) is 2.30. The van der Waals surface area contributed by atoms with E-state index in [0.29, 0.717) is 19.5 Å². The summed E-state index contributed by atoms with van der Waals surface area (Å²) < 4.78 is 5.60. The Hall–Kier alpha value is -2.15. The maximum absolute atomic E-state index is 11.9. The number of ether oxygens (including phenoxy) is 1. The van der Waals surface area contributed by atoms with Crippen LogP contribution in [0.2, 0.25) is 0 Å². The minimum absolute atomic E-state index is 0.111. The third-order valence-corrected chi connectivity index (χ3v) is 3.35. The first-order chi connectivity index (χ1) is 10.1. The van der Waals surface area contributed by atoms with E-state index in [2.05, 4.69) is 10.6 Å². The van der Waals surface area contributed by atoms with Crippen molar-refractivity contribution in [3.63, 3.8) is 0 Å². The van der Waals surface area contributed by atoms with E-state index >= 15 is 0 Å². The molecule has 0 aliphatic carbocycles. The molecule has 2 rings (SSSR count). The number of benzene rings is 1. The molecular weight excluding hydrogens is 274 g/mol. The van der Waals surface area contributed by atoms with E-state index in [4.69, 9.17) is 4.74 Å². The molecule has 2 N–H and O–H groups in total. The Morgan fingerprint density at radius 1 is 1.48 bits per heavy atom. The third kappa shape index (κ3) is 3.91. The number of hydrogen-bond acceptors (Lipinski definition) is 5. The lowest BCUT2D eigenvalue weighted by Gasteiger charge is -2.16. The number of nitro groups is 1. The summed E-state index contributed by atoms with van der Waals surface area (Å²) in [7, 11) is 1.77. The van der Waals surface area contributed by atoms with E-state index in [1.807, 2.05) is 0 Å². The molecule has 1 amide bonds. The molecule has 1 aromatic rings. The molecule has 0 aromatic heterocycles. The quantitative estimate of drug-likeness (QED) is 0.631. The summed E-state index contributed by atoms with van der Waals surface area (Å²) in [6, 6.07) is 4.79. The molecule has 1 aliphatic heterocycles. The first-order valence-corrected chi connectivity index (χ1v) is 6.98. The van der Waals surface area contributed by atoms with Crippen LogP contribution in [0.15, 0.2) is 18.2 Å². The molecule has 1 heterocycles. The Bertz CT molecular complexity index is 533. The van der Waals surface area contributed by atoms with Crippen molar-refractivity contribution < 1.29 is 14.5 Å². The molecule has 114 valence electrons. The van der Waals surface area contributed by atoms with Gasteiger partial charge in [-0.2, -0.15) is 0 Å². The van der Waals surface area contributed by atoms with Gasteiger partial charge in [0.25, 0.3) is 5.91 Å². The summed E-state index contributed by atoms with van der Waals surface area (Å²) in [6.07, 6.45) is 1.66. The molecule has 1 aliphatic rings. The molecule has 21 heavy (non-hydrogen) atoms. The van der Waals surface area contributed by atoms with E-state index in [0.717, 1.165) is 18.4 Å². The zero-order chi connectivity index (χ0) is 15.2. The minimum Gasteiger partial charge on any atom is -0.473 e. The van der Waals surface area contributed by atoms with Crippen LogP contribution in [-0.2, 0) is 11.3 Å². The van der Waals surface area contributed by atoms with E-state index < -0.39 is 11.0 Å². The predicted molar refractivity (Wildman–Crippen MR) is 77.1 cm³/mol. The average Bonchev–Trinajstić information content (AvgIpc) is 2.66. The first kappa shape index (κ1) is 15.2. The van der Waals surface area contributed by atoms with Crippen molar-refractivity contribution in [1.82, 2.24) is 10.6 Å². The van der Waals surface area contributed by atoms with Crippen LogP contribution in [0, 0.1) is 10.1 Å². The lowest BCUT2D eigenvalue weighted by Crippen LogP contribution is -2.36. The van der Waals surface area contributed by atoms with Crippen molar-refractivity contribution in [2.24, 2.45) is 0 Å². The summed E-state index contributed by atoms with van der Waals surface area (Å²) in [6.45, 7) is 1.16. The van der Waals surface area contributed by atoms with E-state index in [-0.39, 0.29) is 17.3 Å². The van der Waals surface area contributed by atoms with Crippen LogP contribution in [-0.4, -0.2) is 30.5 Å². The van der Waals surface area contributed by atoms with E-state index in [1.54, 1.807) is 19.2 Å². The Kier molecular flexibility index (Phi) is 5.10. The van der Waals surface area contributed by atoms with Gasteiger partial charge in [-0.3, -0.25) is 14.9 Å². The largest absolute Gasteiger partial charge is 0.473 e. The Balaban J connectivity index is 2.21. The highest BCUT2D eigenvalue weighted by Crippen LogP contribution is 2.30. The van der Waals surface area contributed by atoms with Crippen LogP contribution >= 0.6 is 0 Å². The number of hydrogen-bond donors (Lipinski definition) is 2. The van der Waals surface area contributed by atoms with Crippen molar-refractivity contribution in [1.29, 1.82) is 0 Å². The summed E-state index contributed by atoms with van der Waals surface area (Å²) in [4.78, 5) is 22.5. The predicted octanol–water partition coefficient (Wildman–Crippen LogP) is 1.36. The van der Waals surface area contributed by atoms with Gasteiger partial charge < -0.3 is 15.4 Å². The topological polar surface area (TPSA) is 93.5 Å². The SMILES string of the molecule is CNCc1ccc(OC2CCCCNC2=O)c([N+](=O)[O-])c1. The van der Waals surface area contributed by atoms with Crippen molar-refractivity contribution in [3.05, 3.63) is 33.9 Å². The highest BCUT2D eigenvalue weighted by molar-refractivity contribution is 5.81. The third-order valence-electron chi connectivity index (χ3n) is 3.35. The summed E-state index contributed by atoms with van der Waals surface area (Å²) >= 11 is 0. The van der Waals surface area contributed by atoms with E-state index in [1.165, 1.54) is 6.07 Å².